The molecule has 2 N–H and O–H groups in total. The van der Waals surface area contributed by atoms with E-state index in [2.05, 4.69) is 64.4 Å². The van der Waals surface area contributed by atoms with Crippen molar-refractivity contribution >= 4 is 49.4 Å². The van der Waals surface area contributed by atoms with Crippen molar-refractivity contribution in [3.05, 3.63) is 27.1 Å². The van der Waals surface area contributed by atoms with E-state index in [1.807, 2.05) is 18.2 Å². The summed E-state index contributed by atoms with van der Waals surface area (Å²) in [6, 6.07) is 6.06. The van der Waals surface area contributed by atoms with Crippen LogP contribution in [-0.4, -0.2) is 28.6 Å². The van der Waals surface area contributed by atoms with Crippen LogP contribution < -0.4 is 15.4 Å². The van der Waals surface area contributed by atoms with E-state index in [1.165, 1.54) is 7.11 Å². The fraction of sp³-hybridized carbons (Fsp3) is 0.308. The summed E-state index contributed by atoms with van der Waals surface area (Å²) >= 11 is 6.98. The van der Waals surface area contributed by atoms with E-state index < -0.39 is 0 Å². The highest BCUT2D eigenvalue weighted by atomic mass is 79.9. The molecule has 0 bridgehead atoms. The van der Waals surface area contributed by atoms with E-state index in [0.717, 1.165) is 27.6 Å². The van der Waals surface area contributed by atoms with Crippen LogP contribution in [0.3, 0.4) is 0 Å². The summed E-state index contributed by atoms with van der Waals surface area (Å²) in [7, 11) is 1.52. The molecule has 0 aliphatic rings. The Hall–Kier alpha value is -1.41. The third-order valence-electron chi connectivity index (χ3n) is 2.53. The Bertz CT molecular complexity index is 603. The first kappa shape index (κ1) is 16.0. The molecule has 0 radical (unpaired) electrons. The predicted octanol–water partition coefficient (Wildman–Crippen LogP) is 3.97. The van der Waals surface area contributed by atoms with Crippen molar-refractivity contribution in [2.45, 2.75) is 13.3 Å². The molecule has 8 heteroatoms. The second kappa shape index (κ2) is 7.56. The maximum Gasteiger partial charge on any atom is 0.322 e. The molecule has 1 heterocycles. The van der Waals surface area contributed by atoms with Crippen LogP contribution in [0.4, 0.5) is 17.6 Å². The van der Waals surface area contributed by atoms with Gasteiger partial charge in [0, 0.05) is 15.5 Å². The molecule has 0 unspecified atom stereocenters. The molecule has 2 aromatic rings. The maximum atomic E-state index is 5.11. The first-order chi connectivity index (χ1) is 10.1. The van der Waals surface area contributed by atoms with Gasteiger partial charge in [-0.25, -0.2) is 0 Å². The zero-order valence-corrected chi connectivity index (χ0v) is 14.8. The Labute approximate surface area is 140 Å². The largest absolute Gasteiger partial charge is 0.467 e. The SMILES string of the molecule is CCCNc1nc(Nc2c(Br)cccc2Br)nc(OC)n1. The lowest BCUT2D eigenvalue weighted by molar-refractivity contribution is 0.379. The van der Waals surface area contributed by atoms with Crippen molar-refractivity contribution in [2.24, 2.45) is 0 Å². The fourth-order valence-electron chi connectivity index (χ4n) is 1.55. The number of halogens is 2. The van der Waals surface area contributed by atoms with Gasteiger partial charge in [0.05, 0.1) is 12.8 Å². The van der Waals surface area contributed by atoms with E-state index in [1.54, 1.807) is 0 Å². The molecule has 0 aliphatic heterocycles. The van der Waals surface area contributed by atoms with Gasteiger partial charge in [-0.2, -0.15) is 15.0 Å². The summed E-state index contributed by atoms with van der Waals surface area (Å²) in [6.07, 6.45) is 0.979. The lowest BCUT2D eigenvalue weighted by atomic mass is 10.3. The average Bonchev–Trinajstić information content (AvgIpc) is 2.49. The number of anilines is 3. The Morgan fingerprint density at radius 1 is 1.10 bits per heavy atom. The van der Waals surface area contributed by atoms with Crippen LogP contribution in [0.25, 0.3) is 0 Å². The van der Waals surface area contributed by atoms with Crippen molar-refractivity contribution in [1.82, 2.24) is 15.0 Å². The summed E-state index contributed by atoms with van der Waals surface area (Å²) < 4.78 is 6.91. The molecule has 112 valence electrons. The van der Waals surface area contributed by atoms with Gasteiger partial charge >= 0.3 is 6.01 Å². The molecule has 6 nitrogen and oxygen atoms in total. The van der Waals surface area contributed by atoms with Crippen molar-refractivity contribution in [3.8, 4) is 6.01 Å². The summed E-state index contributed by atoms with van der Waals surface area (Å²) in [5.41, 5.74) is 0.840. The zero-order valence-electron chi connectivity index (χ0n) is 11.7. The maximum absolute atomic E-state index is 5.11. The van der Waals surface area contributed by atoms with Crippen molar-refractivity contribution < 1.29 is 4.74 Å². The zero-order chi connectivity index (χ0) is 15.2. The average molecular weight is 417 g/mol. The van der Waals surface area contributed by atoms with Gasteiger partial charge in [-0.1, -0.05) is 13.0 Å². The van der Waals surface area contributed by atoms with Gasteiger partial charge in [0.25, 0.3) is 0 Å². The second-order valence-corrected chi connectivity index (χ2v) is 5.83. The number of methoxy groups -OCH3 is 1. The molecule has 0 amide bonds. The smallest absolute Gasteiger partial charge is 0.322 e. The van der Waals surface area contributed by atoms with E-state index in [-0.39, 0.29) is 6.01 Å². The number of ether oxygens (including phenoxy) is 1. The van der Waals surface area contributed by atoms with Crippen LogP contribution in [-0.2, 0) is 0 Å². The number of rotatable bonds is 6. The molecular formula is C13H15Br2N5O. The van der Waals surface area contributed by atoms with Crippen LogP contribution in [0.5, 0.6) is 6.01 Å². The molecule has 0 aliphatic carbocycles. The Morgan fingerprint density at radius 2 is 1.76 bits per heavy atom. The normalized spacial score (nSPS) is 10.3. The monoisotopic (exact) mass is 415 g/mol. The minimum absolute atomic E-state index is 0.259. The van der Waals surface area contributed by atoms with Gasteiger partial charge < -0.3 is 15.4 Å². The van der Waals surface area contributed by atoms with Gasteiger partial charge in [0.15, 0.2) is 0 Å². The van der Waals surface area contributed by atoms with Gasteiger partial charge in [0.1, 0.15) is 0 Å². The van der Waals surface area contributed by atoms with Crippen LogP contribution in [0.15, 0.2) is 27.1 Å². The third-order valence-corrected chi connectivity index (χ3v) is 3.85. The number of nitrogens with one attached hydrogen (secondary N) is 2. The lowest BCUT2D eigenvalue weighted by Crippen LogP contribution is -2.09. The molecule has 1 aromatic heterocycles. The number of hydrogen-bond acceptors (Lipinski definition) is 6. The van der Waals surface area contributed by atoms with E-state index >= 15 is 0 Å². The molecule has 0 atom stereocenters. The Morgan fingerprint density at radius 3 is 2.38 bits per heavy atom. The van der Waals surface area contributed by atoms with E-state index in [0.29, 0.717) is 11.9 Å². The van der Waals surface area contributed by atoms with Crippen LogP contribution in [0, 0.1) is 0 Å². The van der Waals surface area contributed by atoms with Gasteiger partial charge in [0.2, 0.25) is 11.9 Å². The fourth-order valence-corrected chi connectivity index (χ4v) is 2.75. The summed E-state index contributed by atoms with van der Waals surface area (Å²) in [6.45, 7) is 2.86. The molecule has 0 fully saturated rings. The summed E-state index contributed by atoms with van der Waals surface area (Å²) in [5, 5.41) is 6.27. The molecular weight excluding hydrogens is 402 g/mol. The number of para-hydroxylation sites is 1. The van der Waals surface area contributed by atoms with Gasteiger partial charge in [-0.15, -0.1) is 0 Å². The topological polar surface area (TPSA) is 72.0 Å². The van der Waals surface area contributed by atoms with Gasteiger partial charge in [-0.05, 0) is 50.4 Å². The highest BCUT2D eigenvalue weighted by molar-refractivity contribution is 9.11. The minimum atomic E-state index is 0.259. The van der Waals surface area contributed by atoms with Crippen molar-refractivity contribution in [2.75, 3.05) is 24.3 Å². The quantitative estimate of drug-likeness (QED) is 0.742. The van der Waals surface area contributed by atoms with Crippen LogP contribution in [0.2, 0.25) is 0 Å². The van der Waals surface area contributed by atoms with Crippen molar-refractivity contribution in [3.63, 3.8) is 0 Å². The molecule has 21 heavy (non-hydrogen) atoms. The number of aromatic nitrogens is 3. The van der Waals surface area contributed by atoms with Crippen molar-refractivity contribution in [1.29, 1.82) is 0 Å². The summed E-state index contributed by atoms with van der Waals surface area (Å²) in [4.78, 5) is 12.7. The highest BCUT2D eigenvalue weighted by Crippen LogP contribution is 2.32. The molecule has 1 aromatic carbocycles. The van der Waals surface area contributed by atoms with E-state index in [9.17, 15) is 0 Å². The number of hydrogen-bond donors (Lipinski definition) is 2. The molecule has 0 saturated heterocycles. The Balaban J connectivity index is 2.30. The number of nitrogens with zero attached hydrogens (tertiary/aromatic N) is 3. The second-order valence-electron chi connectivity index (χ2n) is 4.12. The van der Waals surface area contributed by atoms with Crippen LogP contribution >= 0.6 is 31.9 Å². The van der Waals surface area contributed by atoms with Crippen LogP contribution in [0.1, 0.15) is 13.3 Å². The first-order valence-corrected chi connectivity index (χ1v) is 7.97. The summed E-state index contributed by atoms with van der Waals surface area (Å²) in [5.74, 6) is 0.891. The minimum Gasteiger partial charge on any atom is -0.467 e. The predicted molar refractivity (Wildman–Crippen MR) is 90.3 cm³/mol. The number of benzene rings is 1. The third kappa shape index (κ3) is 4.28. The Kier molecular flexibility index (Phi) is 5.75. The highest BCUT2D eigenvalue weighted by Gasteiger charge is 2.10. The lowest BCUT2D eigenvalue weighted by Gasteiger charge is -2.11. The standard InChI is InChI=1S/C13H15Br2N5O/c1-3-7-16-11-18-12(20-13(19-11)21-2)17-10-8(14)5-4-6-9(10)15/h4-6H,3,7H2,1-2H3,(H2,16,17,18,19,20). The molecule has 2 rings (SSSR count). The first-order valence-electron chi connectivity index (χ1n) is 6.39. The van der Waals surface area contributed by atoms with E-state index in [4.69, 9.17) is 4.74 Å². The molecule has 0 spiro atoms. The van der Waals surface area contributed by atoms with Gasteiger partial charge in [-0.3, -0.25) is 0 Å². The molecule has 0 saturated carbocycles.